The quantitative estimate of drug-likeness (QED) is 0.141. The number of aromatic hydroxyl groups is 1. The lowest BCUT2D eigenvalue weighted by atomic mass is 9.76. The standard InChI is InChI=1S/C34H40FN5O3.C26H35N5O4/c35-28-29(24-18-23(41)17-21-5-1-8-33(11-12-33)27(21)24)36-25-7-6-22-19-42-16-4-15-40(22)31-26(25)30(28)37-32(38-31)43-20-34-9-2-13-39(34)14-3-10-34;1-29-22-16-19(3-4-20(22)24(28-29)21-5-6-23(32)27-25(21)33)30-11-7-17(8-12-30)15-18-9-13-31(14-10-18)26(34)35-2/h17-18,22,41H,1-16,19-20H2;3-4,16-18,21H,5-15H2,1-2H3,(H,27,32,33). The Hall–Kier alpha value is -6.14. The van der Waals surface area contributed by atoms with E-state index in [9.17, 15) is 19.5 Å². The van der Waals surface area contributed by atoms with Gasteiger partial charge in [-0.1, -0.05) is 0 Å². The number of benzene rings is 2. The molecule has 414 valence electrons. The van der Waals surface area contributed by atoms with Gasteiger partial charge in [-0.15, -0.1) is 0 Å². The van der Waals surface area contributed by atoms with Crippen molar-refractivity contribution in [2.45, 2.75) is 145 Å². The fourth-order valence-electron chi connectivity index (χ4n) is 15.3. The molecule has 7 fully saturated rings. The number of methoxy groups -OCH3 is 1. The molecule has 78 heavy (non-hydrogen) atoms. The molecule has 2 aliphatic carbocycles. The smallest absolute Gasteiger partial charge is 0.409 e. The number of halogens is 1. The number of nitrogens with one attached hydrogen (secondary N) is 1. The summed E-state index contributed by atoms with van der Waals surface area (Å²) < 4.78 is 36.2. The number of anilines is 2. The van der Waals surface area contributed by atoms with Crippen molar-refractivity contribution in [3.63, 3.8) is 0 Å². The molecule has 0 bridgehead atoms. The number of hydrogen-bond acceptors (Lipinski definition) is 14. The number of pyridine rings is 1. The maximum Gasteiger partial charge on any atom is 0.409 e. The van der Waals surface area contributed by atoms with Crippen LogP contribution in [-0.2, 0) is 44.4 Å². The van der Waals surface area contributed by atoms with Gasteiger partial charge < -0.3 is 34.0 Å². The lowest BCUT2D eigenvalue weighted by Gasteiger charge is -2.37. The topological polar surface area (TPSA) is 181 Å². The second kappa shape index (κ2) is 20.8. The predicted molar refractivity (Wildman–Crippen MR) is 293 cm³/mol. The number of amides is 3. The summed E-state index contributed by atoms with van der Waals surface area (Å²) in [5, 5.41) is 19.6. The number of likely N-dealkylation sites (tertiary alicyclic amines) is 1. The summed E-state index contributed by atoms with van der Waals surface area (Å²) in [5.74, 6) is 1.07. The molecule has 3 aromatic heterocycles. The zero-order valence-electron chi connectivity index (χ0n) is 45.5. The number of imide groups is 1. The molecule has 2 aromatic carbocycles. The third kappa shape index (κ3) is 9.49. The van der Waals surface area contributed by atoms with Crippen molar-refractivity contribution in [2.24, 2.45) is 18.9 Å². The van der Waals surface area contributed by atoms with Crippen LogP contribution in [0.3, 0.4) is 0 Å². The average Bonchev–Trinajstić information content (AvgIpc) is 4.15. The highest BCUT2D eigenvalue weighted by Crippen LogP contribution is 2.59. The molecule has 2 atom stereocenters. The van der Waals surface area contributed by atoms with Crippen LogP contribution in [0.25, 0.3) is 33.1 Å². The molecule has 18 heteroatoms. The van der Waals surface area contributed by atoms with Gasteiger partial charge in [-0.2, -0.15) is 15.1 Å². The van der Waals surface area contributed by atoms with Crippen LogP contribution in [0.4, 0.5) is 20.7 Å². The molecule has 1 spiro atoms. The minimum Gasteiger partial charge on any atom is -0.508 e. The van der Waals surface area contributed by atoms with Crippen LogP contribution in [0, 0.1) is 17.7 Å². The number of ether oxygens (including phenoxy) is 3. The highest BCUT2D eigenvalue weighted by molar-refractivity contribution is 6.03. The summed E-state index contributed by atoms with van der Waals surface area (Å²) in [5.41, 5.74) is 7.59. The van der Waals surface area contributed by atoms with E-state index in [0.717, 1.165) is 162 Å². The molecular formula is C60H75FN10O7. The van der Waals surface area contributed by atoms with Crippen LogP contribution in [0.5, 0.6) is 11.8 Å². The molecule has 7 aliphatic heterocycles. The third-order valence-electron chi connectivity index (χ3n) is 19.6. The van der Waals surface area contributed by atoms with Gasteiger partial charge in [0.05, 0.1) is 53.5 Å². The molecule has 9 aliphatic rings. The minimum atomic E-state index is -0.438. The van der Waals surface area contributed by atoms with Crippen LogP contribution in [-0.4, -0.2) is 142 Å². The van der Waals surface area contributed by atoms with Gasteiger partial charge in [0.15, 0.2) is 5.82 Å². The second-order valence-corrected chi connectivity index (χ2v) is 24.2. The number of phenolic OH excluding ortho intramolecular Hbond substituents is 1. The van der Waals surface area contributed by atoms with Crippen molar-refractivity contribution < 1.29 is 38.1 Å². The van der Waals surface area contributed by atoms with Crippen molar-refractivity contribution in [1.29, 1.82) is 0 Å². The number of nitrogens with zero attached hydrogens (tertiary/aromatic N) is 9. The maximum absolute atomic E-state index is 17.1. The first-order chi connectivity index (χ1) is 38.0. The van der Waals surface area contributed by atoms with Crippen LogP contribution in [0.15, 0.2) is 30.3 Å². The molecule has 5 aromatic rings. The Balaban J connectivity index is 0.000000152. The number of piperidine rings is 3. The monoisotopic (exact) mass is 1070 g/mol. The summed E-state index contributed by atoms with van der Waals surface area (Å²) in [6, 6.07) is 10.4. The van der Waals surface area contributed by atoms with Gasteiger partial charge in [-0.3, -0.25) is 24.5 Å². The predicted octanol–water partition coefficient (Wildman–Crippen LogP) is 8.63. The molecule has 14 rings (SSSR count). The summed E-state index contributed by atoms with van der Waals surface area (Å²) in [7, 11) is 3.37. The first-order valence-corrected chi connectivity index (χ1v) is 29.3. The summed E-state index contributed by atoms with van der Waals surface area (Å²) in [6.45, 7) is 8.57. The highest BCUT2D eigenvalue weighted by Gasteiger charge is 2.49. The van der Waals surface area contributed by atoms with E-state index in [0.29, 0.717) is 56.1 Å². The number of phenols is 1. The Morgan fingerprint density at radius 1 is 0.859 bits per heavy atom. The van der Waals surface area contributed by atoms with E-state index >= 15 is 4.39 Å². The molecule has 2 N–H and O–H groups in total. The van der Waals surface area contributed by atoms with Gasteiger partial charge >= 0.3 is 12.1 Å². The van der Waals surface area contributed by atoms with E-state index in [-0.39, 0.29) is 58.1 Å². The van der Waals surface area contributed by atoms with Crippen molar-refractivity contribution in [2.75, 3.05) is 82.5 Å². The first-order valence-electron chi connectivity index (χ1n) is 29.3. The Kier molecular flexibility index (Phi) is 13.7. The van der Waals surface area contributed by atoms with Crippen molar-refractivity contribution in [3.05, 3.63) is 58.7 Å². The Labute approximate surface area is 455 Å². The average molecular weight is 1070 g/mol. The van der Waals surface area contributed by atoms with Crippen LogP contribution in [0.2, 0.25) is 0 Å². The summed E-state index contributed by atoms with van der Waals surface area (Å²) in [4.78, 5) is 59.7. The number of rotatable bonds is 8. The van der Waals surface area contributed by atoms with Crippen molar-refractivity contribution >= 4 is 51.2 Å². The zero-order chi connectivity index (χ0) is 53.3. The van der Waals surface area contributed by atoms with Gasteiger partial charge in [0.2, 0.25) is 11.8 Å². The van der Waals surface area contributed by atoms with Gasteiger partial charge in [0.1, 0.15) is 29.4 Å². The number of fused-ring (bicyclic) bond motifs is 6. The van der Waals surface area contributed by atoms with Gasteiger partial charge in [0, 0.05) is 69.4 Å². The lowest BCUT2D eigenvalue weighted by molar-refractivity contribution is -0.134. The van der Waals surface area contributed by atoms with Crippen LogP contribution in [0.1, 0.15) is 138 Å². The molecule has 3 amide bonds. The zero-order valence-corrected chi connectivity index (χ0v) is 45.5. The molecule has 6 saturated heterocycles. The normalized spacial score (nSPS) is 24.0. The Morgan fingerprint density at radius 2 is 1.64 bits per heavy atom. The van der Waals surface area contributed by atoms with Gasteiger partial charge in [0.25, 0.3) is 0 Å². The molecule has 0 radical (unpaired) electrons. The minimum absolute atomic E-state index is 0.0394. The molecular weight excluding hydrogens is 992 g/mol. The largest absolute Gasteiger partial charge is 0.508 e. The van der Waals surface area contributed by atoms with Crippen LogP contribution < -0.4 is 19.9 Å². The second-order valence-electron chi connectivity index (χ2n) is 24.2. The summed E-state index contributed by atoms with van der Waals surface area (Å²) in [6.07, 6.45) is 18.8. The van der Waals surface area contributed by atoms with Crippen molar-refractivity contribution in [3.8, 4) is 23.0 Å². The first kappa shape index (κ1) is 51.3. The van der Waals surface area contributed by atoms with E-state index < -0.39 is 5.82 Å². The Bertz CT molecular complexity index is 3140. The van der Waals surface area contributed by atoms with Gasteiger partial charge in [-0.25, -0.2) is 14.2 Å². The number of aromatic nitrogens is 5. The maximum atomic E-state index is 17.1. The number of hydrogen-bond donors (Lipinski definition) is 2. The highest BCUT2D eigenvalue weighted by atomic mass is 19.1. The molecule has 2 unspecified atom stereocenters. The Morgan fingerprint density at radius 3 is 2.40 bits per heavy atom. The van der Waals surface area contributed by atoms with Crippen LogP contribution >= 0.6 is 0 Å². The number of carbonyl (C=O) groups is 3. The van der Waals surface area contributed by atoms with Gasteiger partial charge in [-0.05, 0) is 187 Å². The van der Waals surface area contributed by atoms with E-state index in [2.05, 4.69) is 43.3 Å². The molecule has 1 saturated carbocycles. The SMILES string of the molecule is COC(=O)N1CCC(CC2CCN(c3ccc4c(C5CCC(=O)NC5=O)nn(C)c4c3)CC2)CC1.Oc1cc2c(c(-c3nc4c5c(nc(OCC67CCCN6CCC7)nc5c3F)N3CCCOCC3CC4)c1)C1(CCC2)CC1. The number of aryl methyl sites for hydroxylation is 3. The number of carbonyl (C=O) groups excluding carboxylic acids is 3. The molecule has 10 heterocycles. The van der Waals surface area contributed by atoms with E-state index in [1.165, 1.54) is 50.5 Å². The van der Waals surface area contributed by atoms with E-state index in [1.54, 1.807) is 6.07 Å². The fourth-order valence-corrected chi connectivity index (χ4v) is 15.3. The summed E-state index contributed by atoms with van der Waals surface area (Å²) >= 11 is 0. The van der Waals surface area contributed by atoms with E-state index in [1.807, 2.05) is 22.7 Å². The third-order valence-corrected chi connectivity index (χ3v) is 19.6. The fraction of sp³-hybridized carbons (Fsp3) is 0.617. The molecule has 17 nitrogen and oxygen atoms in total. The lowest BCUT2D eigenvalue weighted by Crippen LogP contribution is -2.43. The van der Waals surface area contributed by atoms with Crippen molar-refractivity contribution in [1.82, 2.24) is 39.8 Å². The van der Waals surface area contributed by atoms with E-state index in [4.69, 9.17) is 29.2 Å².